The second-order valence-electron chi connectivity index (χ2n) is 7.66. The Morgan fingerprint density at radius 2 is 1.68 bits per heavy atom. The Kier molecular flexibility index (Phi) is 5.12. The Balaban J connectivity index is 1.34. The first kappa shape index (κ1) is 20.0. The van der Waals surface area contributed by atoms with Gasteiger partial charge in [0.2, 0.25) is 0 Å². The number of rotatable bonds is 3. The smallest absolute Gasteiger partial charge is 0.264 e. The second kappa shape index (κ2) is 7.94. The summed E-state index contributed by atoms with van der Waals surface area (Å²) in [6.07, 6.45) is 0. The molecule has 0 N–H and O–H groups in total. The van der Waals surface area contributed by atoms with Gasteiger partial charge < -0.3 is 9.80 Å². The van der Waals surface area contributed by atoms with E-state index < -0.39 is 0 Å². The van der Waals surface area contributed by atoms with Crippen molar-refractivity contribution in [2.45, 2.75) is 6.92 Å². The maximum absolute atomic E-state index is 13.2. The molecule has 31 heavy (non-hydrogen) atoms. The van der Waals surface area contributed by atoms with Crippen molar-refractivity contribution < 1.29 is 9.59 Å². The number of aromatic nitrogens is 1. The third-order valence-electron chi connectivity index (χ3n) is 5.74. The number of amides is 1. The summed E-state index contributed by atoms with van der Waals surface area (Å²) in [6, 6.07) is 17.4. The molecule has 1 saturated heterocycles. The topological polar surface area (TPSA) is 53.5 Å². The molecule has 7 heteroatoms. The van der Waals surface area contributed by atoms with Crippen LogP contribution in [0.3, 0.4) is 0 Å². The van der Waals surface area contributed by atoms with Gasteiger partial charge in [0.15, 0.2) is 5.78 Å². The number of benzene rings is 2. The van der Waals surface area contributed by atoms with Gasteiger partial charge in [0, 0.05) is 52.9 Å². The standard InChI is InChI=1S/C24H20ClN3O2S/c1-15(29)16-6-8-17(9-7-16)27-10-12-28(13-11-27)24(30)21-14-19-22(31-21)18-4-2-3-5-20(18)26-23(19)25/h2-9,14H,10-13H2,1H3. The van der Waals surface area contributed by atoms with Crippen LogP contribution in [0.15, 0.2) is 54.6 Å². The Labute approximate surface area is 188 Å². The van der Waals surface area contributed by atoms with E-state index in [4.69, 9.17) is 11.6 Å². The highest BCUT2D eigenvalue weighted by atomic mass is 35.5. The molecule has 0 saturated carbocycles. The van der Waals surface area contributed by atoms with Gasteiger partial charge in [-0.3, -0.25) is 9.59 Å². The molecule has 0 unspecified atom stereocenters. The molecule has 0 aliphatic carbocycles. The normalized spacial score (nSPS) is 14.4. The number of carbonyl (C=O) groups excluding carboxylic acids is 2. The summed E-state index contributed by atoms with van der Waals surface area (Å²) in [5.74, 6) is 0.0984. The fourth-order valence-corrected chi connectivity index (χ4v) is 5.47. The molecule has 5 nitrogen and oxygen atoms in total. The van der Waals surface area contributed by atoms with Crippen molar-refractivity contribution in [3.63, 3.8) is 0 Å². The highest BCUT2D eigenvalue weighted by molar-refractivity contribution is 7.21. The number of fused-ring (bicyclic) bond motifs is 3. The summed E-state index contributed by atoms with van der Waals surface area (Å²) in [4.78, 5) is 34.0. The third-order valence-corrected chi connectivity index (χ3v) is 7.18. The Morgan fingerprint density at radius 3 is 2.39 bits per heavy atom. The molecule has 156 valence electrons. The largest absolute Gasteiger partial charge is 0.368 e. The van der Waals surface area contributed by atoms with Gasteiger partial charge in [-0.2, -0.15) is 0 Å². The monoisotopic (exact) mass is 449 g/mol. The van der Waals surface area contributed by atoms with Crippen molar-refractivity contribution in [3.8, 4) is 0 Å². The van der Waals surface area contributed by atoms with Gasteiger partial charge in [-0.25, -0.2) is 4.98 Å². The molecule has 3 heterocycles. The zero-order valence-electron chi connectivity index (χ0n) is 17.0. The van der Waals surface area contributed by atoms with Crippen molar-refractivity contribution in [1.29, 1.82) is 0 Å². The number of halogens is 1. The van der Waals surface area contributed by atoms with E-state index in [1.807, 2.05) is 59.5 Å². The Morgan fingerprint density at radius 1 is 0.968 bits per heavy atom. The summed E-state index contributed by atoms with van der Waals surface area (Å²) < 4.78 is 1.00. The van der Waals surface area contributed by atoms with E-state index in [-0.39, 0.29) is 11.7 Å². The molecular formula is C24H20ClN3O2S. The number of para-hydroxylation sites is 1. The zero-order chi connectivity index (χ0) is 21.5. The van der Waals surface area contributed by atoms with Crippen LogP contribution >= 0.6 is 22.9 Å². The first-order chi connectivity index (χ1) is 15.0. The molecular weight excluding hydrogens is 430 g/mol. The van der Waals surface area contributed by atoms with Crippen LogP contribution in [0.1, 0.15) is 27.0 Å². The summed E-state index contributed by atoms with van der Waals surface area (Å²) in [6.45, 7) is 4.37. The van der Waals surface area contributed by atoms with Crippen LogP contribution in [-0.2, 0) is 0 Å². The second-order valence-corrected chi connectivity index (χ2v) is 9.07. The van der Waals surface area contributed by atoms with Gasteiger partial charge in [0.1, 0.15) is 5.15 Å². The van der Waals surface area contributed by atoms with Gasteiger partial charge >= 0.3 is 0 Å². The van der Waals surface area contributed by atoms with Crippen LogP contribution in [-0.4, -0.2) is 47.8 Å². The SMILES string of the molecule is CC(=O)c1ccc(N2CCN(C(=O)c3cc4c(Cl)nc5ccccc5c4s3)CC2)cc1. The molecule has 2 aromatic heterocycles. The maximum atomic E-state index is 13.2. The molecule has 4 aromatic rings. The van der Waals surface area contributed by atoms with E-state index in [0.717, 1.165) is 39.8 Å². The summed E-state index contributed by atoms with van der Waals surface area (Å²) in [5, 5.41) is 2.28. The number of anilines is 1. The van der Waals surface area contributed by atoms with E-state index in [0.29, 0.717) is 28.7 Å². The average molecular weight is 450 g/mol. The van der Waals surface area contributed by atoms with E-state index in [2.05, 4.69) is 9.88 Å². The fourth-order valence-electron chi connectivity index (χ4n) is 4.01. The van der Waals surface area contributed by atoms with Gasteiger partial charge in [-0.05, 0) is 43.3 Å². The Hall–Kier alpha value is -2.96. The molecule has 1 fully saturated rings. The number of nitrogens with zero attached hydrogens (tertiary/aromatic N) is 3. The lowest BCUT2D eigenvalue weighted by molar-refractivity contribution is 0.0751. The fraction of sp³-hybridized carbons (Fsp3) is 0.208. The highest BCUT2D eigenvalue weighted by Crippen LogP contribution is 2.36. The van der Waals surface area contributed by atoms with Crippen LogP contribution in [0.2, 0.25) is 5.15 Å². The minimum atomic E-state index is 0.0351. The molecule has 0 atom stereocenters. The highest BCUT2D eigenvalue weighted by Gasteiger charge is 2.24. The lowest BCUT2D eigenvalue weighted by Crippen LogP contribution is -2.48. The lowest BCUT2D eigenvalue weighted by Gasteiger charge is -2.36. The van der Waals surface area contributed by atoms with Crippen LogP contribution in [0.4, 0.5) is 5.69 Å². The molecule has 5 rings (SSSR count). The van der Waals surface area contributed by atoms with Crippen LogP contribution < -0.4 is 4.90 Å². The summed E-state index contributed by atoms with van der Waals surface area (Å²) in [7, 11) is 0. The number of ketones is 1. The van der Waals surface area contributed by atoms with Crippen molar-refractivity contribution in [1.82, 2.24) is 9.88 Å². The molecule has 1 aliphatic rings. The van der Waals surface area contributed by atoms with Gasteiger partial charge in [0.05, 0.1) is 10.4 Å². The minimum Gasteiger partial charge on any atom is -0.368 e. The van der Waals surface area contributed by atoms with Gasteiger partial charge in [-0.1, -0.05) is 29.8 Å². The number of piperazine rings is 1. The molecule has 0 radical (unpaired) electrons. The molecule has 0 spiro atoms. The summed E-state index contributed by atoms with van der Waals surface area (Å²) >= 11 is 7.88. The number of carbonyl (C=O) groups is 2. The van der Waals surface area contributed by atoms with E-state index in [9.17, 15) is 9.59 Å². The zero-order valence-corrected chi connectivity index (χ0v) is 18.5. The maximum Gasteiger partial charge on any atom is 0.264 e. The van der Waals surface area contributed by atoms with Crippen molar-refractivity contribution in [2.24, 2.45) is 0 Å². The predicted octanol–water partition coefficient (Wildman–Crippen LogP) is 5.27. The van der Waals surface area contributed by atoms with Crippen molar-refractivity contribution in [2.75, 3.05) is 31.1 Å². The third kappa shape index (κ3) is 3.66. The van der Waals surface area contributed by atoms with Crippen LogP contribution in [0.25, 0.3) is 21.0 Å². The van der Waals surface area contributed by atoms with Gasteiger partial charge in [0.25, 0.3) is 5.91 Å². The van der Waals surface area contributed by atoms with E-state index in [1.165, 1.54) is 11.3 Å². The number of hydrogen-bond donors (Lipinski definition) is 0. The number of hydrogen-bond acceptors (Lipinski definition) is 5. The van der Waals surface area contributed by atoms with Crippen molar-refractivity contribution in [3.05, 3.63) is 70.2 Å². The number of Topliss-reactive ketones (excluding diaryl/α,β-unsaturated/α-hetero) is 1. The van der Waals surface area contributed by atoms with Gasteiger partial charge in [-0.15, -0.1) is 11.3 Å². The van der Waals surface area contributed by atoms with Crippen LogP contribution in [0.5, 0.6) is 0 Å². The van der Waals surface area contributed by atoms with Crippen LogP contribution in [0, 0.1) is 0 Å². The number of pyridine rings is 1. The summed E-state index contributed by atoms with van der Waals surface area (Å²) in [5.41, 5.74) is 2.62. The molecule has 2 aromatic carbocycles. The van der Waals surface area contributed by atoms with Crippen molar-refractivity contribution >= 4 is 61.3 Å². The first-order valence-corrected chi connectivity index (χ1v) is 11.3. The van der Waals surface area contributed by atoms with E-state index in [1.54, 1.807) is 6.92 Å². The molecule has 1 aliphatic heterocycles. The van der Waals surface area contributed by atoms with E-state index >= 15 is 0 Å². The molecule has 1 amide bonds. The molecule has 0 bridgehead atoms. The average Bonchev–Trinajstić information content (AvgIpc) is 3.25. The number of thiophene rings is 1. The predicted molar refractivity (Wildman–Crippen MR) is 127 cm³/mol. The first-order valence-electron chi connectivity index (χ1n) is 10.1. The quantitative estimate of drug-likeness (QED) is 0.316. The Bertz CT molecular complexity index is 1310. The minimum absolute atomic E-state index is 0.0351. The lowest BCUT2D eigenvalue weighted by atomic mass is 10.1.